The van der Waals surface area contributed by atoms with Gasteiger partial charge in [0.25, 0.3) is 0 Å². The van der Waals surface area contributed by atoms with Gasteiger partial charge >= 0.3 is 0 Å². The van der Waals surface area contributed by atoms with Crippen molar-refractivity contribution in [1.82, 2.24) is 4.98 Å². The molecule has 0 radical (unpaired) electrons. The second kappa shape index (κ2) is 7.68. The minimum Gasteiger partial charge on any atom is -0.497 e. The van der Waals surface area contributed by atoms with E-state index >= 15 is 0 Å². The lowest BCUT2D eigenvalue weighted by Crippen LogP contribution is -2.22. The van der Waals surface area contributed by atoms with E-state index in [9.17, 15) is 5.11 Å². The van der Waals surface area contributed by atoms with Crippen LogP contribution in [0.2, 0.25) is 0 Å². The van der Waals surface area contributed by atoms with Crippen LogP contribution in [0.25, 0.3) is 10.9 Å². The van der Waals surface area contributed by atoms with E-state index in [0.29, 0.717) is 5.92 Å². The number of hydrogen-bond acceptors (Lipinski definition) is 5. The van der Waals surface area contributed by atoms with Gasteiger partial charge in [0, 0.05) is 35.5 Å². The molecule has 0 saturated carbocycles. The van der Waals surface area contributed by atoms with Crippen molar-refractivity contribution in [3.05, 3.63) is 59.2 Å². The van der Waals surface area contributed by atoms with Crippen molar-refractivity contribution < 1.29 is 14.6 Å². The first-order valence-corrected chi connectivity index (χ1v) is 9.61. The summed E-state index contributed by atoms with van der Waals surface area (Å²) in [5.41, 5.74) is 4.18. The Kier molecular flexibility index (Phi) is 5.09. The second-order valence-corrected chi connectivity index (χ2v) is 7.36. The van der Waals surface area contributed by atoms with Crippen LogP contribution in [0.15, 0.2) is 42.5 Å². The number of ether oxygens (including phenoxy) is 2. The fourth-order valence-electron chi connectivity index (χ4n) is 4.07. The van der Waals surface area contributed by atoms with Crippen molar-refractivity contribution in [2.24, 2.45) is 0 Å². The molecule has 0 aliphatic carbocycles. The second-order valence-electron chi connectivity index (χ2n) is 7.36. The molecule has 4 rings (SSSR count). The molecule has 1 unspecified atom stereocenters. The normalized spacial score (nSPS) is 16.6. The molecule has 5 nitrogen and oxygen atoms in total. The number of benzene rings is 2. The van der Waals surface area contributed by atoms with Gasteiger partial charge in [0.05, 0.1) is 26.3 Å². The van der Waals surface area contributed by atoms with Crippen molar-refractivity contribution >= 4 is 16.7 Å². The molecule has 3 aromatic rings. The van der Waals surface area contributed by atoms with Crippen LogP contribution >= 0.6 is 0 Å². The zero-order valence-corrected chi connectivity index (χ0v) is 16.6. The molecule has 1 aliphatic heterocycles. The number of methoxy groups -OCH3 is 2. The largest absolute Gasteiger partial charge is 0.497 e. The Morgan fingerprint density at radius 2 is 1.96 bits per heavy atom. The van der Waals surface area contributed by atoms with Crippen LogP contribution in [-0.2, 0) is 6.61 Å². The minimum absolute atomic E-state index is 0.0181. The number of rotatable bonds is 5. The van der Waals surface area contributed by atoms with Gasteiger partial charge in [-0.05, 0) is 49.2 Å². The van der Waals surface area contributed by atoms with Crippen LogP contribution in [0.4, 0.5) is 5.82 Å². The Morgan fingerprint density at radius 3 is 2.71 bits per heavy atom. The molecule has 2 aromatic carbocycles. The maximum absolute atomic E-state index is 9.92. The summed E-state index contributed by atoms with van der Waals surface area (Å²) in [6.07, 6.45) is 1.00. The Labute approximate surface area is 165 Å². The number of hydrogen-bond donors (Lipinski definition) is 1. The molecule has 0 bridgehead atoms. The van der Waals surface area contributed by atoms with Gasteiger partial charge in [0.15, 0.2) is 0 Å². The first-order valence-electron chi connectivity index (χ1n) is 9.61. The van der Waals surface area contributed by atoms with Crippen molar-refractivity contribution in [1.29, 1.82) is 0 Å². The highest BCUT2D eigenvalue weighted by Gasteiger charge is 2.29. The van der Waals surface area contributed by atoms with Crippen LogP contribution in [0.1, 0.15) is 29.0 Å². The van der Waals surface area contributed by atoms with Crippen LogP contribution in [0.5, 0.6) is 11.5 Å². The lowest BCUT2D eigenvalue weighted by atomic mass is 9.97. The third-order valence-electron chi connectivity index (χ3n) is 5.56. The Hall–Kier alpha value is -2.79. The van der Waals surface area contributed by atoms with Crippen LogP contribution in [-0.4, -0.2) is 37.4 Å². The highest BCUT2D eigenvalue weighted by molar-refractivity contribution is 5.82. The quantitative estimate of drug-likeness (QED) is 0.726. The van der Waals surface area contributed by atoms with E-state index in [0.717, 1.165) is 58.9 Å². The predicted molar refractivity (Wildman–Crippen MR) is 112 cm³/mol. The number of aliphatic hydroxyl groups is 1. The monoisotopic (exact) mass is 378 g/mol. The van der Waals surface area contributed by atoms with E-state index < -0.39 is 0 Å². The van der Waals surface area contributed by atoms with Crippen LogP contribution in [0, 0.1) is 6.92 Å². The molecule has 5 heteroatoms. The molecule has 1 aliphatic rings. The molecule has 1 atom stereocenters. The summed E-state index contributed by atoms with van der Waals surface area (Å²) in [5, 5.41) is 11.0. The highest BCUT2D eigenvalue weighted by atomic mass is 16.5. The van der Waals surface area contributed by atoms with Gasteiger partial charge in [-0.3, -0.25) is 0 Å². The van der Waals surface area contributed by atoms with E-state index in [-0.39, 0.29) is 6.61 Å². The zero-order valence-electron chi connectivity index (χ0n) is 16.6. The maximum Gasteiger partial charge on any atom is 0.134 e. The smallest absolute Gasteiger partial charge is 0.134 e. The molecule has 0 amide bonds. The summed E-state index contributed by atoms with van der Waals surface area (Å²) in [5.74, 6) is 2.93. The molecule has 0 spiro atoms. The van der Waals surface area contributed by atoms with Gasteiger partial charge in [-0.25, -0.2) is 4.98 Å². The standard InChI is InChI=1S/C23H26N2O3/c1-15-4-5-16-11-18(14-26)23(24-21(16)10-15)25-9-8-17(13-25)20-12-19(27-2)6-7-22(20)28-3/h4-7,10-12,17,26H,8-9,13-14H2,1-3H3. The molecule has 146 valence electrons. The lowest BCUT2D eigenvalue weighted by Gasteiger charge is -2.22. The third-order valence-corrected chi connectivity index (χ3v) is 5.56. The number of aryl methyl sites for hydroxylation is 1. The average molecular weight is 378 g/mol. The number of nitrogens with zero attached hydrogens (tertiary/aromatic N) is 2. The van der Waals surface area contributed by atoms with Crippen LogP contribution in [0.3, 0.4) is 0 Å². The summed E-state index contributed by atoms with van der Waals surface area (Å²) >= 11 is 0. The fourth-order valence-corrected chi connectivity index (χ4v) is 4.07. The fraction of sp³-hybridized carbons (Fsp3) is 0.348. The average Bonchev–Trinajstić information content (AvgIpc) is 3.22. The van der Waals surface area contributed by atoms with E-state index in [1.54, 1.807) is 14.2 Å². The summed E-state index contributed by atoms with van der Waals surface area (Å²) in [4.78, 5) is 7.18. The lowest BCUT2D eigenvalue weighted by molar-refractivity contribution is 0.282. The topological polar surface area (TPSA) is 54.8 Å². The van der Waals surface area contributed by atoms with Crippen molar-refractivity contribution in [3.63, 3.8) is 0 Å². The van der Waals surface area contributed by atoms with Crippen molar-refractivity contribution in [2.45, 2.75) is 25.9 Å². The van der Waals surface area contributed by atoms with Gasteiger partial charge < -0.3 is 19.5 Å². The first-order chi connectivity index (χ1) is 13.6. The number of aromatic nitrogens is 1. The SMILES string of the molecule is COc1ccc(OC)c(C2CCN(c3nc4cc(C)ccc4cc3CO)C2)c1. The number of aliphatic hydroxyl groups excluding tert-OH is 1. The summed E-state index contributed by atoms with van der Waals surface area (Å²) in [6, 6.07) is 14.2. The Bertz CT molecular complexity index is 1000. The van der Waals surface area contributed by atoms with Crippen LogP contribution < -0.4 is 14.4 Å². The third kappa shape index (κ3) is 3.38. The molecular weight excluding hydrogens is 352 g/mol. The van der Waals surface area contributed by atoms with Gasteiger partial charge in [-0.1, -0.05) is 12.1 Å². The molecule has 1 saturated heterocycles. The number of pyridine rings is 1. The highest BCUT2D eigenvalue weighted by Crippen LogP contribution is 2.38. The van der Waals surface area contributed by atoms with Gasteiger partial charge in [-0.2, -0.15) is 0 Å². The summed E-state index contributed by atoms with van der Waals surface area (Å²) in [7, 11) is 3.39. The van der Waals surface area contributed by atoms with Crippen molar-refractivity contribution in [3.8, 4) is 11.5 Å². The van der Waals surface area contributed by atoms with Crippen molar-refractivity contribution in [2.75, 3.05) is 32.2 Å². The molecule has 28 heavy (non-hydrogen) atoms. The van der Waals surface area contributed by atoms with Gasteiger partial charge in [-0.15, -0.1) is 0 Å². The van der Waals surface area contributed by atoms with E-state index in [2.05, 4.69) is 42.2 Å². The molecule has 1 aromatic heterocycles. The molecule has 1 fully saturated rings. The van der Waals surface area contributed by atoms with E-state index in [1.165, 1.54) is 5.56 Å². The molecular formula is C23H26N2O3. The van der Waals surface area contributed by atoms with Gasteiger partial charge in [0.2, 0.25) is 0 Å². The maximum atomic E-state index is 9.92. The number of fused-ring (bicyclic) bond motifs is 1. The summed E-state index contributed by atoms with van der Waals surface area (Å²) < 4.78 is 11.0. The number of anilines is 1. The van der Waals surface area contributed by atoms with E-state index in [4.69, 9.17) is 14.5 Å². The molecule has 1 N–H and O–H groups in total. The minimum atomic E-state index is -0.0181. The predicted octanol–water partition coefficient (Wildman–Crippen LogP) is 4.05. The Morgan fingerprint density at radius 1 is 1.11 bits per heavy atom. The summed E-state index contributed by atoms with van der Waals surface area (Å²) in [6.45, 7) is 3.78. The molecule has 2 heterocycles. The first kappa shape index (κ1) is 18.6. The zero-order chi connectivity index (χ0) is 19.7. The Balaban J connectivity index is 1.67. The van der Waals surface area contributed by atoms with Gasteiger partial charge in [0.1, 0.15) is 17.3 Å². The van der Waals surface area contributed by atoms with E-state index in [1.807, 2.05) is 12.1 Å².